The number of carbonyl (C=O) groups is 1. The number of nitrogens with one attached hydrogen (secondary N) is 2. The van der Waals surface area contributed by atoms with Crippen molar-refractivity contribution in [3.8, 4) is 0 Å². The number of hydrogen-bond donors (Lipinski definition) is 2. The molecule has 4 aromatic rings. The molecule has 0 unspecified atom stereocenters. The summed E-state index contributed by atoms with van der Waals surface area (Å²) in [6.45, 7) is 1.76. The van der Waals surface area contributed by atoms with E-state index in [2.05, 4.69) is 15.5 Å². The van der Waals surface area contributed by atoms with Gasteiger partial charge in [-0.05, 0) is 66.9 Å². The fraction of sp³-hybridized carbons (Fsp3) is 0.240. The van der Waals surface area contributed by atoms with E-state index in [0.717, 1.165) is 29.5 Å². The summed E-state index contributed by atoms with van der Waals surface area (Å²) in [7, 11) is 0. The van der Waals surface area contributed by atoms with Crippen LogP contribution in [0.15, 0.2) is 60.7 Å². The molecule has 0 saturated carbocycles. The van der Waals surface area contributed by atoms with Crippen molar-refractivity contribution in [2.24, 2.45) is 0 Å². The molecule has 0 spiro atoms. The number of aromatic amines is 1. The zero-order valence-corrected chi connectivity index (χ0v) is 17.9. The molecular formula is C25H23F2N5O. The van der Waals surface area contributed by atoms with Crippen LogP contribution in [0.25, 0.3) is 11.0 Å². The summed E-state index contributed by atoms with van der Waals surface area (Å²) in [6.07, 6.45) is 1.82. The lowest BCUT2D eigenvalue weighted by atomic mass is 9.93. The van der Waals surface area contributed by atoms with Gasteiger partial charge in [-0.2, -0.15) is 5.10 Å². The van der Waals surface area contributed by atoms with Crippen molar-refractivity contribution in [1.29, 1.82) is 0 Å². The highest BCUT2D eigenvalue weighted by Gasteiger charge is 2.26. The molecular weight excluding hydrogens is 424 g/mol. The van der Waals surface area contributed by atoms with Crippen LogP contribution in [0.2, 0.25) is 0 Å². The third-order valence-electron chi connectivity index (χ3n) is 6.04. The first-order chi connectivity index (χ1) is 16.1. The molecule has 1 fully saturated rings. The molecule has 33 heavy (non-hydrogen) atoms. The number of pyridine rings is 1. The first-order valence-electron chi connectivity index (χ1n) is 10.9. The monoisotopic (exact) mass is 447 g/mol. The molecule has 2 N–H and O–H groups in total. The second-order valence-corrected chi connectivity index (χ2v) is 8.28. The SMILES string of the molecule is O=C(c1ccc(F)cc1)N1CCC[C@H](c2ccc3c(NCc4ccc(F)cc4)n[nH]c3n2)C1. The van der Waals surface area contributed by atoms with Crippen LogP contribution < -0.4 is 5.32 Å². The van der Waals surface area contributed by atoms with Crippen LogP contribution in [0, 0.1) is 11.6 Å². The maximum atomic E-state index is 13.2. The normalized spacial score (nSPS) is 16.2. The third-order valence-corrected chi connectivity index (χ3v) is 6.04. The Hall–Kier alpha value is -3.81. The van der Waals surface area contributed by atoms with E-state index >= 15 is 0 Å². The zero-order chi connectivity index (χ0) is 22.8. The molecule has 0 aliphatic carbocycles. The van der Waals surface area contributed by atoms with Gasteiger partial charge in [0, 0.05) is 36.8 Å². The van der Waals surface area contributed by atoms with E-state index in [1.165, 1.54) is 36.4 Å². The number of rotatable bonds is 5. The number of fused-ring (bicyclic) bond motifs is 1. The van der Waals surface area contributed by atoms with Gasteiger partial charge in [0.05, 0.1) is 5.39 Å². The van der Waals surface area contributed by atoms with Gasteiger partial charge in [-0.3, -0.25) is 9.89 Å². The Balaban J connectivity index is 1.29. The lowest BCUT2D eigenvalue weighted by Gasteiger charge is -2.32. The zero-order valence-electron chi connectivity index (χ0n) is 17.9. The summed E-state index contributed by atoms with van der Waals surface area (Å²) in [4.78, 5) is 19.4. The van der Waals surface area contributed by atoms with Crippen LogP contribution in [0.5, 0.6) is 0 Å². The lowest BCUT2D eigenvalue weighted by molar-refractivity contribution is 0.0706. The van der Waals surface area contributed by atoms with Gasteiger partial charge >= 0.3 is 0 Å². The number of halogens is 2. The summed E-state index contributed by atoms with van der Waals surface area (Å²) in [5.74, 6) is 0.0965. The predicted molar refractivity (Wildman–Crippen MR) is 122 cm³/mol. The number of aromatic nitrogens is 3. The molecule has 8 heteroatoms. The van der Waals surface area contributed by atoms with Crippen LogP contribution in [0.1, 0.15) is 40.4 Å². The molecule has 1 atom stereocenters. The van der Waals surface area contributed by atoms with Crippen molar-refractivity contribution in [2.45, 2.75) is 25.3 Å². The summed E-state index contributed by atoms with van der Waals surface area (Å²) in [5.41, 5.74) is 3.03. The van der Waals surface area contributed by atoms with E-state index in [0.29, 0.717) is 36.7 Å². The summed E-state index contributed by atoms with van der Waals surface area (Å²) >= 11 is 0. The second kappa shape index (κ2) is 8.97. The maximum absolute atomic E-state index is 13.2. The van der Waals surface area contributed by atoms with Crippen LogP contribution >= 0.6 is 0 Å². The Morgan fingerprint density at radius 2 is 1.76 bits per heavy atom. The molecule has 1 aliphatic rings. The van der Waals surface area contributed by atoms with Gasteiger partial charge in [-0.25, -0.2) is 13.8 Å². The number of hydrogen-bond acceptors (Lipinski definition) is 4. The van der Waals surface area contributed by atoms with E-state index in [1.54, 1.807) is 12.1 Å². The molecule has 0 radical (unpaired) electrons. The highest BCUT2D eigenvalue weighted by Crippen LogP contribution is 2.29. The van der Waals surface area contributed by atoms with Gasteiger partial charge in [0.2, 0.25) is 0 Å². The largest absolute Gasteiger partial charge is 0.364 e. The van der Waals surface area contributed by atoms with Crippen molar-refractivity contribution in [3.05, 3.63) is 89.1 Å². The van der Waals surface area contributed by atoms with Crippen molar-refractivity contribution < 1.29 is 13.6 Å². The van der Waals surface area contributed by atoms with Gasteiger partial charge < -0.3 is 10.2 Å². The Morgan fingerprint density at radius 1 is 1.03 bits per heavy atom. The molecule has 2 aromatic heterocycles. The summed E-state index contributed by atoms with van der Waals surface area (Å²) in [6, 6.07) is 16.0. The topological polar surface area (TPSA) is 73.9 Å². The second-order valence-electron chi connectivity index (χ2n) is 8.28. The number of benzene rings is 2. The number of likely N-dealkylation sites (tertiary alicyclic amines) is 1. The van der Waals surface area contributed by atoms with Crippen LogP contribution in [0.4, 0.5) is 14.6 Å². The number of carbonyl (C=O) groups excluding carboxylic acids is 1. The number of H-pyrrole nitrogens is 1. The average molecular weight is 447 g/mol. The summed E-state index contributed by atoms with van der Waals surface area (Å²) in [5, 5.41) is 11.4. The standard InChI is InChI=1S/C25H23F2N5O/c26-19-7-3-16(4-8-19)14-28-23-21-11-12-22(29-24(21)31-30-23)18-2-1-13-32(15-18)25(33)17-5-9-20(27)10-6-17/h3-12,18H,1-2,13-15H2,(H2,28,29,30,31)/t18-/m0/s1. The number of nitrogens with zero attached hydrogens (tertiary/aromatic N) is 3. The molecule has 2 aromatic carbocycles. The highest BCUT2D eigenvalue weighted by atomic mass is 19.1. The van der Waals surface area contributed by atoms with Crippen LogP contribution in [-0.2, 0) is 6.54 Å². The van der Waals surface area contributed by atoms with Gasteiger partial charge in [0.25, 0.3) is 5.91 Å². The highest BCUT2D eigenvalue weighted by molar-refractivity contribution is 5.94. The smallest absolute Gasteiger partial charge is 0.253 e. The van der Waals surface area contributed by atoms with Gasteiger partial charge in [-0.15, -0.1) is 0 Å². The molecule has 3 heterocycles. The molecule has 5 rings (SSSR count). The quantitative estimate of drug-likeness (QED) is 0.458. The van der Waals surface area contributed by atoms with Crippen LogP contribution in [-0.4, -0.2) is 39.1 Å². The first kappa shape index (κ1) is 21.1. The number of anilines is 1. The van der Waals surface area contributed by atoms with Crippen molar-refractivity contribution in [2.75, 3.05) is 18.4 Å². The minimum Gasteiger partial charge on any atom is -0.364 e. The van der Waals surface area contributed by atoms with E-state index < -0.39 is 0 Å². The molecule has 0 bridgehead atoms. The molecule has 6 nitrogen and oxygen atoms in total. The fourth-order valence-electron chi connectivity index (χ4n) is 4.25. The Kier molecular flexibility index (Phi) is 5.73. The third kappa shape index (κ3) is 4.55. The number of amides is 1. The Bertz CT molecular complexity index is 1270. The predicted octanol–water partition coefficient (Wildman–Crippen LogP) is 4.87. The molecule has 1 aliphatic heterocycles. The average Bonchev–Trinajstić information content (AvgIpc) is 3.26. The fourth-order valence-corrected chi connectivity index (χ4v) is 4.25. The van der Waals surface area contributed by atoms with Crippen molar-refractivity contribution in [1.82, 2.24) is 20.1 Å². The van der Waals surface area contributed by atoms with Gasteiger partial charge in [0.15, 0.2) is 11.5 Å². The lowest BCUT2D eigenvalue weighted by Crippen LogP contribution is -2.39. The van der Waals surface area contributed by atoms with Crippen molar-refractivity contribution >= 4 is 22.8 Å². The number of piperidine rings is 1. The van der Waals surface area contributed by atoms with E-state index in [-0.39, 0.29) is 23.5 Å². The maximum Gasteiger partial charge on any atom is 0.253 e. The summed E-state index contributed by atoms with van der Waals surface area (Å²) < 4.78 is 26.3. The molecule has 1 amide bonds. The van der Waals surface area contributed by atoms with Crippen molar-refractivity contribution in [3.63, 3.8) is 0 Å². The van der Waals surface area contributed by atoms with Crippen LogP contribution in [0.3, 0.4) is 0 Å². The van der Waals surface area contributed by atoms with E-state index in [1.807, 2.05) is 17.0 Å². The van der Waals surface area contributed by atoms with E-state index in [4.69, 9.17) is 4.98 Å². The first-order valence-corrected chi connectivity index (χ1v) is 10.9. The minimum absolute atomic E-state index is 0.0883. The molecule has 168 valence electrons. The Morgan fingerprint density at radius 3 is 2.52 bits per heavy atom. The minimum atomic E-state index is -0.355. The van der Waals surface area contributed by atoms with Gasteiger partial charge in [-0.1, -0.05) is 12.1 Å². The molecule has 1 saturated heterocycles. The van der Waals surface area contributed by atoms with E-state index in [9.17, 15) is 13.6 Å². The van der Waals surface area contributed by atoms with Gasteiger partial charge in [0.1, 0.15) is 11.6 Å². The Labute approximate surface area is 189 Å².